The summed E-state index contributed by atoms with van der Waals surface area (Å²) in [6, 6.07) is 9.57. The molecule has 0 aromatic heterocycles. The molecule has 0 radical (unpaired) electrons. The molecular formula is C24H24Cl5N3O3. The van der Waals surface area contributed by atoms with Gasteiger partial charge in [0, 0.05) is 41.7 Å². The Balaban J connectivity index is 1.58. The van der Waals surface area contributed by atoms with Crippen molar-refractivity contribution in [3.8, 4) is 0 Å². The van der Waals surface area contributed by atoms with E-state index in [1.54, 1.807) is 24.3 Å². The second kappa shape index (κ2) is 12.0. The third-order valence-electron chi connectivity index (χ3n) is 5.57. The maximum absolute atomic E-state index is 12.9. The summed E-state index contributed by atoms with van der Waals surface area (Å²) < 4.78 is -1.31. The zero-order valence-corrected chi connectivity index (χ0v) is 22.5. The topological polar surface area (TPSA) is 87.3 Å². The zero-order chi connectivity index (χ0) is 25.8. The minimum atomic E-state index is -1.31. The van der Waals surface area contributed by atoms with Crippen LogP contribution in [0.1, 0.15) is 48.0 Å². The van der Waals surface area contributed by atoms with Crippen molar-refractivity contribution >= 4 is 81.4 Å². The number of benzene rings is 2. The summed E-state index contributed by atoms with van der Waals surface area (Å²) in [4.78, 5) is 36.4. The van der Waals surface area contributed by atoms with Gasteiger partial charge in [-0.2, -0.15) is 0 Å². The van der Waals surface area contributed by atoms with Crippen LogP contribution in [0.15, 0.2) is 36.4 Å². The molecule has 2 aromatic rings. The van der Waals surface area contributed by atoms with Crippen molar-refractivity contribution in [2.24, 2.45) is 5.92 Å². The zero-order valence-electron chi connectivity index (χ0n) is 18.8. The van der Waals surface area contributed by atoms with Crippen molar-refractivity contribution in [3.05, 3.63) is 62.6 Å². The lowest BCUT2D eigenvalue weighted by molar-refractivity contribution is -0.119. The highest BCUT2D eigenvalue weighted by Gasteiger charge is 2.67. The standard InChI is InChI=1S/C24H24Cl5N3O3/c1-13(33)30-7-3-2-4-8-31-22(34)18-12-17(5-6-19(18)27)32-23(35)21-20(24(21,28)29)14-9-15(25)11-16(26)10-14/h5-6,9-12,20-21H,2-4,7-8H2,1H3,(H,30,33)(H,31,34)(H,32,35)/t20-,21+/m0/s1. The molecule has 1 aliphatic rings. The van der Waals surface area contributed by atoms with Crippen molar-refractivity contribution in [1.82, 2.24) is 10.6 Å². The number of carbonyl (C=O) groups is 3. The monoisotopic (exact) mass is 577 g/mol. The first-order chi connectivity index (χ1) is 16.5. The fourth-order valence-electron chi connectivity index (χ4n) is 3.81. The molecule has 1 fully saturated rings. The number of nitrogens with one attached hydrogen (secondary N) is 3. The quantitative estimate of drug-likeness (QED) is 0.231. The van der Waals surface area contributed by atoms with Gasteiger partial charge in [0.15, 0.2) is 0 Å². The molecule has 0 unspecified atom stereocenters. The number of hydrogen-bond acceptors (Lipinski definition) is 3. The van der Waals surface area contributed by atoms with Crippen molar-refractivity contribution < 1.29 is 14.4 Å². The molecule has 0 aliphatic heterocycles. The normalized spacial score (nSPS) is 18.0. The molecule has 11 heteroatoms. The van der Waals surface area contributed by atoms with Crippen LogP contribution in [-0.2, 0) is 9.59 Å². The van der Waals surface area contributed by atoms with E-state index in [4.69, 9.17) is 58.0 Å². The average molecular weight is 580 g/mol. The Morgan fingerprint density at radius 2 is 1.51 bits per heavy atom. The lowest BCUT2D eigenvalue weighted by Gasteiger charge is -2.10. The van der Waals surface area contributed by atoms with E-state index >= 15 is 0 Å². The number of halogens is 5. The molecular weight excluding hydrogens is 556 g/mol. The maximum atomic E-state index is 12.9. The second-order valence-electron chi connectivity index (χ2n) is 8.32. The molecule has 0 saturated heterocycles. The second-order valence-corrected chi connectivity index (χ2v) is 11.0. The maximum Gasteiger partial charge on any atom is 0.252 e. The lowest BCUT2D eigenvalue weighted by atomic mass is 10.1. The molecule has 188 valence electrons. The van der Waals surface area contributed by atoms with Gasteiger partial charge in [0.1, 0.15) is 4.33 Å². The summed E-state index contributed by atoms with van der Waals surface area (Å²) in [6.07, 6.45) is 2.43. The van der Waals surface area contributed by atoms with E-state index in [-0.39, 0.29) is 22.4 Å². The number of hydrogen-bond donors (Lipinski definition) is 3. The summed E-state index contributed by atoms with van der Waals surface area (Å²) in [6.45, 7) is 2.54. The third kappa shape index (κ3) is 7.40. The Bertz CT molecular complexity index is 1110. The van der Waals surface area contributed by atoms with Gasteiger partial charge in [-0.15, -0.1) is 23.2 Å². The Morgan fingerprint density at radius 3 is 2.14 bits per heavy atom. The third-order valence-corrected chi connectivity index (χ3v) is 7.28. The molecule has 2 atom stereocenters. The van der Waals surface area contributed by atoms with Crippen LogP contribution in [0.2, 0.25) is 15.1 Å². The van der Waals surface area contributed by atoms with Gasteiger partial charge in [0.05, 0.1) is 16.5 Å². The predicted molar refractivity (Wildman–Crippen MR) is 142 cm³/mol. The van der Waals surface area contributed by atoms with E-state index in [0.29, 0.717) is 34.4 Å². The van der Waals surface area contributed by atoms with Crippen molar-refractivity contribution in [2.45, 2.75) is 36.4 Å². The highest BCUT2D eigenvalue weighted by atomic mass is 35.5. The molecule has 6 nitrogen and oxygen atoms in total. The van der Waals surface area contributed by atoms with Crippen LogP contribution in [0.5, 0.6) is 0 Å². The van der Waals surface area contributed by atoms with Gasteiger partial charge in [-0.05, 0) is 61.2 Å². The molecule has 1 saturated carbocycles. The molecule has 35 heavy (non-hydrogen) atoms. The highest BCUT2D eigenvalue weighted by molar-refractivity contribution is 6.53. The van der Waals surface area contributed by atoms with Crippen LogP contribution in [0.3, 0.4) is 0 Å². The first-order valence-electron chi connectivity index (χ1n) is 11.0. The number of carbonyl (C=O) groups excluding carboxylic acids is 3. The summed E-state index contributed by atoms with van der Waals surface area (Å²) >= 11 is 31.2. The molecule has 3 rings (SSSR count). The number of anilines is 1. The molecule has 3 amide bonds. The SMILES string of the molecule is CC(=O)NCCCCCNC(=O)c1cc(NC(=O)[C@H]2[C@H](c3cc(Cl)cc(Cl)c3)C2(Cl)Cl)ccc1Cl. The van der Waals surface area contributed by atoms with Crippen LogP contribution in [0, 0.1) is 5.92 Å². The van der Waals surface area contributed by atoms with Gasteiger partial charge in [0.2, 0.25) is 11.8 Å². The van der Waals surface area contributed by atoms with Crippen molar-refractivity contribution in [2.75, 3.05) is 18.4 Å². The summed E-state index contributed by atoms with van der Waals surface area (Å²) in [5, 5.41) is 9.41. The highest BCUT2D eigenvalue weighted by Crippen LogP contribution is 2.65. The minimum absolute atomic E-state index is 0.0613. The van der Waals surface area contributed by atoms with E-state index in [1.807, 2.05) is 0 Å². The van der Waals surface area contributed by atoms with E-state index in [9.17, 15) is 14.4 Å². The van der Waals surface area contributed by atoms with Gasteiger partial charge >= 0.3 is 0 Å². The largest absolute Gasteiger partial charge is 0.356 e. The van der Waals surface area contributed by atoms with Crippen molar-refractivity contribution in [1.29, 1.82) is 0 Å². The molecule has 0 spiro atoms. The van der Waals surface area contributed by atoms with Crippen LogP contribution in [0.4, 0.5) is 5.69 Å². The summed E-state index contributed by atoms with van der Waals surface area (Å²) in [5.74, 6) is -2.03. The number of amides is 3. The molecule has 2 aromatic carbocycles. The average Bonchev–Trinajstić information content (AvgIpc) is 3.35. The van der Waals surface area contributed by atoms with Crippen LogP contribution in [0.25, 0.3) is 0 Å². The van der Waals surface area contributed by atoms with Gasteiger partial charge in [0.25, 0.3) is 5.91 Å². The van der Waals surface area contributed by atoms with Crippen LogP contribution in [-0.4, -0.2) is 35.1 Å². The molecule has 3 N–H and O–H groups in total. The van der Waals surface area contributed by atoms with Crippen LogP contribution >= 0.6 is 58.0 Å². The van der Waals surface area contributed by atoms with Gasteiger partial charge in [-0.1, -0.05) is 34.8 Å². The first kappa shape index (κ1) is 27.9. The fraction of sp³-hybridized carbons (Fsp3) is 0.375. The summed E-state index contributed by atoms with van der Waals surface area (Å²) in [5.41, 5.74) is 1.29. The fourth-order valence-corrected chi connectivity index (χ4v) is 5.38. The summed E-state index contributed by atoms with van der Waals surface area (Å²) in [7, 11) is 0. The minimum Gasteiger partial charge on any atom is -0.356 e. The number of alkyl halides is 2. The molecule has 0 bridgehead atoms. The Morgan fingerprint density at radius 1 is 0.886 bits per heavy atom. The van der Waals surface area contributed by atoms with Crippen LogP contribution < -0.4 is 16.0 Å². The molecule has 1 aliphatic carbocycles. The van der Waals surface area contributed by atoms with E-state index in [0.717, 1.165) is 19.3 Å². The van der Waals surface area contributed by atoms with E-state index in [2.05, 4.69) is 16.0 Å². The Hall–Kier alpha value is -1.70. The van der Waals surface area contributed by atoms with Gasteiger partial charge in [-0.25, -0.2) is 0 Å². The van der Waals surface area contributed by atoms with E-state index in [1.165, 1.54) is 19.1 Å². The predicted octanol–water partition coefficient (Wildman–Crippen LogP) is 6.21. The number of unbranched alkanes of at least 4 members (excludes halogenated alkanes) is 2. The Kier molecular flexibility index (Phi) is 9.58. The Labute approximate surface area is 229 Å². The smallest absolute Gasteiger partial charge is 0.252 e. The number of rotatable bonds is 10. The van der Waals surface area contributed by atoms with E-state index < -0.39 is 22.1 Å². The first-order valence-corrected chi connectivity index (χ1v) is 12.9. The lowest BCUT2D eigenvalue weighted by Crippen LogP contribution is -2.25. The van der Waals surface area contributed by atoms with Crippen molar-refractivity contribution in [3.63, 3.8) is 0 Å². The molecule has 0 heterocycles. The van der Waals surface area contributed by atoms with Gasteiger partial charge < -0.3 is 16.0 Å². The van der Waals surface area contributed by atoms with Gasteiger partial charge in [-0.3, -0.25) is 14.4 Å².